The summed E-state index contributed by atoms with van der Waals surface area (Å²) in [6.45, 7) is 16.6. The number of benzene rings is 3. The standard InChI is InChI=1S/3C8H11Si.C5H5.Zr/c3*1-9(2)8-6-4-3-5-7-8;1-2-4-5-3-1;/h3*3-7H,1-2H3;1-3H,4H2;. The molecule has 0 nitrogen and oxygen atoms in total. The molecule has 0 bridgehead atoms. The summed E-state index contributed by atoms with van der Waals surface area (Å²) >= 11 is -3.20. The van der Waals surface area contributed by atoms with E-state index in [0.717, 1.165) is 0 Å². The van der Waals surface area contributed by atoms with Gasteiger partial charge in [-0.25, -0.2) is 0 Å². The van der Waals surface area contributed by atoms with Crippen LogP contribution in [0.4, 0.5) is 0 Å². The fourth-order valence-electron chi connectivity index (χ4n) is 7.49. The van der Waals surface area contributed by atoms with Gasteiger partial charge in [0.25, 0.3) is 0 Å². The Bertz CT molecular complexity index is 1020. The fraction of sp³-hybridized carbons (Fsp3) is 0.241. The molecule has 0 spiro atoms. The monoisotopic (exact) mass is 560 g/mol. The van der Waals surface area contributed by atoms with E-state index in [4.69, 9.17) is 0 Å². The van der Waals surface area contributed by atoms with Gasteiger partial charge in [0.1, 0.15) is 0 Å². The molecule has 1 aliphatic rings. The zero-order valence-electron chi connectivity index (χ0n) is 21.1. The van der Waals surface area contributed by atoms with Gasteiger partial charge in [-0.15, -0.1) is 0 Å². The van der Waals surface area contributed by atoms with E-state index in [-0.39, 0.29) is 0 Å². The quantitative estimate of drug-likeness (QED) is 0.296. The van der Waals surface area contributed by atoms with Crippen molar-refractivity contribution in [1.82, 2.24) is 0 Å². The first-order valence-electron chi connectivity index (χ1n) is 12.2. The Kier molecular flexibility index (Phi) is 7.04. The van der Waals surface area contributed by atoms with E-state index in [1.165, 1.54) is 6.42 Å². The third-order valence-electron chi connectivity index (χ3n) is 8.55. The second kappa shape index (κ2) is 9.38. The molecule has 0 aromatic heterocycles. The molecule has 0 heterocycles. The maximum atomic E-state index is 2.77. The van der Waals surface area contributed by atoms with Crippen molar-refractivity contribution in [2.24, 2.45) is 0 Å². The van der Waals surface area contributed by atoms with E-state index in [9.17, 15) is 0 Å². The molecule has 170 valence electrons. The van der Waals surface area contributed by atoms with Crippen LogP contribution in [0.15, 0.2) is 113 Å². The molecular formula is C29H38Si3Zr. The molecule has 4 rings (SSSR count). The van der Waals surface area contributed by atoms with Gasteiger partial charge in [0.15, 0.2) is 0 Å². The average molecular weight is 562 g/mol. The molecule has 0 aliphatic heterocycles. The fourth-order valence-corrected chi connectivity index (χ4v) is 188. The average Bonchev–Trinajstić information content (AvgIpc) is 3.35. The first-order chi connectivity index (χ1) is 15.7. The minimum atomic E-state index is -3.20. The van der Waals surface area contributed by atoms with Crippen molar-refractivity contribution in [3.8, 4) is 0 Å². The number of allylic oxidation sites excluding steroid dienone is 4. The minimum absolute atomic E-state index is 1.19. The van der Waals surface area contributed by atoms with Gasteiger partial charge in [-0.2, -0.15) is 0 Å². The number of hydrogen-bond donors (Lipinski definition) is 0. The van der Waals surface area contributed by atoms with Crippen molar-refractivity contribution >= 4 is 31.2 Å². The SMILES string of the molecule is C[Si](C)(c1ccccc1)[Zr]([C]1=CC=CC1)([Si](C)(C)c1ccccc1)[Si](C)(C)c1ccccc1. The van der Waals surface area contributed by atoms with Crippen LogP contribution in [0, 0.1) is 0 Å². The Morgan fingerprint density at radius 1 is 0.515 bits per heavy atom. The van der Waals surface area contributed by atoms with E-state index in [0.29, 0.717) is 0 Å². The van der Waals surface area contributed by atoms with Gasteiger partial charge in [-0.1, -0.05) is 0 Å². The van der Waals surface area contributed by atoms with Crippen molar-refractivity contribution in [1.29, 1.82) is 0 Å². The summed E-state index contributed by atoms with van der Waals surface area (Å²) in [7, 11) is 0. The second-order valence-electron chi connectivity index (χ2n) is 11.0. The zero-order chi connectivity index (χ0) is 23.7. The van der Waals surface area contributed by atoms with Crippen LogP contribution >= 0.6 is 0 Å². The van der Waals surface area contributed by atoms with E-state index in [2.05, 4.69) is 149 Å². The Morgan fingerprint density at radius 2 is 0.848 bits per heavy atom. The summed E-state index contributed by atoms with van der Waals surface area (Å²) in [6, 6.07) is 35.2. The Hall–Kier alpha value is -1.33. The van der Waals surface area contributed by atoms with E-state index < -0.39 is 33.3 Å². The molecule has 0 atom stereocenters. The van der Waals surface area contributed by atoms with Crippen molar-refractivity contribution in [3.05, 3.63) is 113 Å². The van der Waals surface area contributed by atoms with Gasteiger partial charge in [-0.3, -0.25) is 0 Å². The van der Waals surface area contributed by atoms with Crippen LogP contribution in [0.1, 0.15) is 6.42 Å². The molecular weight excluding hydrogens is 524 g/mol. The molecule has 4 heteroatoms. The molecule has 0 saturated heterocycles. The Balaban J connectivity index is 2.14. The molecule has 33 heavy (non-hydrogen) atoms. The van der Waals surface area contributed by atoms with E-state index in [1.807, 2.05) is 3.28 Å². The van der Waals surface area contributed by atoms with Crippen molar-refractivity contribution < 1.29 is 17.7 Å². The molecule has 0 amide bonds. The zero-order valence-corrected chi connectivity index (χ0v) is 26.6. The molecule has 0 N–H and O–H groups in total. The first-order valence-corrected chi connectivity index (χ1v) is 33.5. The molecule has 3 aromatic carbocycles. The maximum absolute atomic E-state index is 3.20. The Labute approximate surface area is 205 Å². The van der Waals surface area contributed by atoms with E-state index >= 15 is 0 Å². The Morgan fingerprint density at radius 3 is 1.12 bits per heavy atom. The summed E-state index contributed by atoms with van der Waals surface area (Å²) < 4.78 is 1.91. The predicted octanol–water partition coefficient (Wildman–Crippen LogP) is 6.32. The number of rotatable bonds is 7. The van der Waals surface area contributed by atoms with Gasteiger partial charge >= 0.3 is 207 Å². The van der Waals surface area contributed by atoms with Gasteiger partial charge in [0.05, 0.1) is 0 Å². The van der Waals surface area contributed by atoms with Crippen LogP contribution in [0.25, 0.3) is 0 Å². The van der Waals surface area contributed by atoms with E-state index in [1.54, 1.807) is 15.6 Å². The molecule has 3 aromatic rings. The molecule has 0 radical (unpaired) electrons. The molecule has 0 saturated carbocycles. The van der Waals surface area contributed by atoms with Crippen molar-refractivity contribution in [2.45, 2.75) is 45.7 Å². The summed E-state index contributed by atoms with van der Waals surface area (Å²) in [4.78, 5) is 0. The van der Waals surface area contributed by atoms with Crippen LogP contribution in [-0.2, 0) is 17.7 Å². The van der Waals surface area contributed by atoms with Gasteiger partial charge in [0.2, 0.25) is 0 Å². The molecule has 0 unspecified atom stereocenters. The third-order valence-corrected chi connectivity index (χ3v) is 143. The summed E-state index contributed by atoms with van der Waals surface area (Å²) in [5.74, 6) is 0. The normalized spacial score (nSPS) is 14.9. The van der Waals surface area contributed by atoms with Crippen molar-refractivity contribution in [2.75, 3.05) is 0 Å². The van der Waals surface area contributed by atoms with Gasteiger partial charge in [-0.05, 0) is 0 Å². The summed E-state index contributed by atoms with van der Waals surface area (Å²) in [5.41, 5.74) is 0. The topological polar surface area (TPSA) is 0 Å². The summed E-state index contributed by atoms with van der Waals surface area (Å²) in [5, 5.41) is -0.460. The van der Waals surface area contributed by atoms with Crippen LogP contribution in [-0.4, -0.2) is 15.6 Å². The van der Waals surface area contributed by atoms with Crippen LogP contribution < -0.4 is 15.6 Å². The first kappa shape index (κ1) is 24.8. The third kappa shape index (κ3) is 3.88. The predicted molar refractivity (Wildman–Crippen MR) is 153 cm³/mol. The van der Waals surface area contributed by atoms with Gasteiger partial charge < -0.3 is 0 Å². The second-order valence-corrected chi connectivity index (χ2v) is 77.6. The number of hydrogen-bond acceptors (Lipinski definition) is 0. The summed E-state index contributed by atoms with van der Waals surface area (Å²) in [6.07, 6.45) is 8.61. The van der Waals surface area contributed by atoms with Crippen LogP contribution in [0.5, 0.6) is 0 Å². The van der Waals surface area contributed by atoms with Crippen LogP contribution in [0.3, 0.4) is 0 Å². The van der Waals surface area contributed by atoms with Crippen molar-refractivity contribution in [3.63, 3.8) is 0 Å². The van der Waals surface area contributed by atoms with Gasteiger partial charge in [0, 0.05) is 0 Å². The van der Waals surface area contributed by atoms with Crippen LogP contribution in [0.2, 0.25) is 39.3 Å². The molecule has 1 aliphatic carbocycles. The molecule has 0 fully saturated rings.